The van der Waals surface area contributed by atoms with Gasteiger partial charge < -0.3 is 5.32 Å². The average Bonchev–Trinajstić information content (AvgIpc) is 2.39. The normalized spacial score (nSPS) is 20.5. The van der Waals surface area contributed by atoms with Crippen molar-refractivity contribution >= 4 is 24.8 Å². The molecular weight excluding hydrogens is 336 g/mol. The van der Waals surface area contributed by atoms with Gasteiger partial charge >= 0.3 is 0 Å². The summed E-state index contributed by atoms with van der Waals surface area (Å²) in [5, 5.41) is 3.26. The summed E-state index contributed by atoms with van der Waals surface area (Å²) in [6.07, 6.45) is 3.21. The molecule has 1 aromatic carbocycles. The van der Waals surface area contributed by atoms with E-state index >= 15 is 0 Å². The predicted molar refractivity (Wildman–Crippen MR) is 85.3 cm³/mol. The van der Waals surface area contributed by atoms with Crippen LogP contribution in [-0.2, 0) is 0 Å². The molecule has 1 aliphatic carbocycles. The Kier molecular flexibility index (Phi) is 7.46. The van der Waals surface area contributed by atoms with E-state index in [2.05, 4.69) is 10.2 Å². The van der Waals surface area contributed by atoms with E-state index in [9.17, 15) is 13.2 Å². The molecule has 22 heavy (non-hydrogen) atoms. The average molecular weight is 357 g/mol. The Bertz CT molecular complexity index is 492. The van der Waals surface area contributed by atoms with Crippen LogP contribution in [0.2, 0.25) is 0 Å². The Hall–Kier alpha value is -0.490. The van der Waals surface area contributed by atoms with Crippen molar-refractivity contribution in [3.63, 3.8) is 0 Å². The molecular formula is C15H21Cl2F3N2. The molecule has 0 spiro atoms. The first-order chi connectivity index (χ1) is 9.66. The molecule has 1 saturated heterocycles. The van der Waals surface area contributed by atoms with E-state index in [0.29, 0.717) is 17.5 Å². The summed E-state index contributed by atoms with van der Waals surface area (Å²) in [6.45, 7) is 3.35. The summed E-state index contributed by atoms with van der Waals surface area (Å²) in [6, 6.07) is 1.61. The summed E-state index contributed by atoms with van der Waals surface area (Å²) in [7, 11) is 0. The number of piperazine rings is 1. The van der Waals surface area contributed by atoms with Gasteiger partial charge in [0.05, 0.1) is 0 Å². The fraction of sp³-hybridized carbons (Fsp3) is 0.600. The lowest BCUT2D eigenvalue weighted by molar-refractivity contribution is 0.0808. The molecule has 1 heterocycles. The zero-order valence-electron chi connectivity index (χ0n) is 12.2. The fourth-order valence-electron chi connectivity index (χ4n) is 3.23. The van der Waals surface area contributed by atoms with Crippen molar-refractivity contribution in [3.05, 3.63) is 35.1 Å². The van der Waals surface area contributed by atoms with Crippen LogP contribution < -0.4 is 5.32 Å². The van der Waals surface area contributed by atoms with Crippen molar-refractivity contribution in [2.75, 3.05) is 26.2 Å². The summed E-state index contributed by atoms with van der Waals surface area (Å²) < 4.78 is 40.7. The number of nitrogens with zero attached hydrogens (tertiary/aromatic N) is 1. The molecule has 3 rings (SSSR count). The topological polar surface area (TPSA) is 15.3 Å². The van der Waals surface area contributed by atoms with Crippen LogP contribution >= 0.6 is 24.8 Å². The summed E-state index contributed by atoms with van der Waals surface area (Å²) in [5.74, 6) is -2.34. The van der Waals surface area contributed by atoms with E-state index in [4.69, 9.17) is 0 Å². The van der Waals surface area contributed by atoms with Crippen LogP contribution in [-0.4, -0.2) is 31.1 Å². The highest BCUT2D eigenvalue weighted by molar-refractivity contribution is 5.85. The van der Waals surface area contributed by atoms with E-state index in [0.717, 1.165) is 51.5 Å². The van der Waals surface area contributed by atoms with Crippen LogP contribution in [0.25, 0.3) is 0 Å². The molecule has 1 N–H and O–H groups in total. The highest BCUT2D eigenvalue weighted by atomic mass is 35.5. The van der Waals surface area contributed by atoms with Crippen molar-refractivity contribution in [1.82, 2.24) is 10.2 Å². The third-order valence-corrected chi connectivity index (χ3v) is 4.50. The lowest BCUT2D eigenvalue weighted by Gasteiger charge is -2.43. The molecule has 1 saturated carbocycles. The van der Waals surface area contributed by atoms with Crippen molar-refractivity contribution in [3.8, 4) is 0 Å². The minimum absolute atomic E-state index is 0. The van der Waals surface area contributed by atoms with Gasteiger partial charge in [-0.15, -0.1) is 24.8 Å². The second-order valence-electron chi connectivity index (χ2n) is 5.71. The maximum absolute atomic E-state index is 14.1. The van der Waals surface area contributed by atoms with Gasteiger partial charge in [-0.1, -0.05) is 6.42 Å². The monoisotopic (exact) mass is 356 g/mol. The quantitative estimate of drug-likeness (QED) is 0.830. The first kappa shape index (κ1) is 19.6. The summed E-state index contributed by atoms with van der Waals surface area (Å²) >= 11 is 0. The van der Waals surface area contributed by atoms with Crippen molar-refractivity contribution in [1.29, 1.82) is 0 Å². The minimum atomic E-state index is -1.11. The lowest BCUT2D eigenvalue weighted by Crippen LogP contribution is -2.48. The van der Waals surface area contributed by atoms with Crippen molar-refractivity contribution < 1.29 is 13.2 Å². The molecule has 0 aromatic heterocycles. The number of benzene rings is 1. The molecule has 0 amide bonds. The SMILES string of the molecule is Cl.Cl.Fc1cc(F)c([C@H](C2CCC2)N2CCNCC2)cc1F. The molecule has 1 aromatic rings. The van der Waals surface area contributed by atoms with Crippen LogP contribution in [0.3, 0.4) is 0 Å². The van der Waals surface area contributed by atoms with E-state index in [1.54, 1.807) is 0 Å². The first-order valence-corrected chi connectivity index (χ1v) is 7.26. The maximum atomic E-state index is 14.1. The largest absolute Gasteiger partial charge is 0.314 e. The van der Waals surface area contributed by atoms with Gasteiger partial charge in [-0.3, -0.25) is 4.90 Å². The second-order valence-corrected chi connectivity index (χ2v) is 5.71. The third kappa shape index (κ3) is 3.88. The highest BCUT2D eigenvalue weighted by Gasteiger charge is 2.35. The number of nitrogens with one attached hydrogen (secondary N) is 1. The molecule has 2 aliphatic rings. The fourth-order valence-corrected chi connectivity index (χ4v) is 3.23. The standard InChI is InChI=1S/C15H19F3N2.2ClH/c16-12-9-14(18)13(17)8-11(12)15(10-2-1-3-10)20-6-4-19-5-7-20;;/h8-10,15,19H,1-7H2;2*1H/t15-;;/m0../s1. The van der Waals surface area contributed by atoms with Gasteiger partial charge in [-0.2, -0.15) is 0 Å². The Morgan fingerprint density at radius 2 is 1.55 bits per heavy atom. The van der Waals surface area contributed by atoms with Gasteiger partial charge in [0.1, 0.15) is 5.82 Å². The van der Waals surface area contributed by atoms with E-state index in [-0.39, 0.29) is 30.9 Å². The molecule has 7 heteroatoms. The van der Waals surface area contributed by atoms with Gasteiger partial charge in [-0.25, -0.2) is 13.2 Å². The van der Waals surface area contributed by atoms with E-state index in [1.807, 2.05) is 0 Å². The van der Waals surface area contributed by atoms with Crippen LogP contribution in [0, 0.1) is 23.4 Å². The van der Waals surface area contributed by atoms with Gasteiger partial charge in [-0.05, 0) is 24.8 Å². The van der Waals surface area contributed by atoms with Crippen LogP contribution in [0.15, 0.2) is 12.1 Å². The molecule has 1 aliphatic heterocycles. The van der Waals surface area contributed by atoms with Crippen molar-refractivity contribution in [2.45, 2.75) is 25.3 Å². The Morgan fingerprint density at radius 3 is 2.09 bits per heavy atom. The van der Waals surface area contributed by atoms with Gasteiger partial charge in [0.2, 0.25) is 0 Å². The van der Waals surface area contributed by atoms with Crippen LogP contribution in [0.5, 0.6) is 0 Å². The molecule has 0 radical (unpaired) electrons. The third-order valence-electron chi connectivity index (χ3n) is 4.50. The Morgan fingerprint density at radius 1 is 0.955 bits per heavy atom. The predicted octanol–water partition coefficient (Wildman–Crippen LogP) is 3.69. The van der Waals surface area contributed by atoms with E-state index in [1.165, 1.54) is 0 Å². The highest BCUT2D eigenvalue weighted by Crippen LogP contribution is 2.42. The molecule has 1 atom stereocenters. The number of rotatable bonds is 3. The Labute approximate surface area is 141 Å². The summed E-state index contributed by atoms with van der Waals surface area (Å²) in [4.78, 5) is 2.20. The number of hydrogen-bond donors (Lipinski definition) is 1. The van der Waals surface area contributed by atoms with Crippen molar-refractivity contribution in [2.24, 2.45) is 5.92 Å². The smallest absolute Gasteiger partial charge is 0.161 e. The molecule has 2 fully saturated rings. The van der Waals surface area contributed by atoms with Crippen LogP contribution in [0.4, 0.5) is 13.2 Å². The minimum Gasteiger partial charge on any atom is -0.314 e. The summed E-state index contributed by atoms with van der Waals surface area (Å²) in [5.41, 5.74) is 0.315. The van der Waals surface area contributed by atoms with Gasteiger partial charge in [0, 0.05) is 43.9 Å². The Balaban J connectivity index is 0.00000121. The molecule has 126 valence electrons. The number of hydrogen-bond acceptors (Lipinski definition) is 2. The zero-order chi connectivity index (χ0) is 14.1. The first-order valence-electron chi connectivity index (χ1n) is 7.26. The van der Waals surface area contributed by atoms with Gasteiger partial charge in [0.25, 0.3) is 0 Å². The number of halogens is 5. The molecule has 2 nitrogen and oxygen atoms in total. The molecule has 0 unspecified atom stereocenters. The zero-order valence-corrected chi connectivity index (χ0v) is 13.8. The van der Waals surface area contributed by atoms with Crippen LogP contribution in [0.1, 0.15) is 30.9 Å². The molecule has 0 bridgehead atoms. The van der Waals surface area contributed by atoms with Gasteiger partial charge in [0.15, 0.2) is 11.6 Å². The lowest BCUT2D eigenvalue weighted by atomic mass is 9.76. The maximum Gasteiger partial charge on any atom is 0.161 e. The van der Waals surface area contributed by atoms with E-state index < -0.39 is 17.5 Å². The second kappa shape index (κ2) is 8.39.